The number of aliphatic hydroxyl groups is 2. The number of aliphatic hydroxyl groups excluding tert-OH is 2. The molecule has 0 aromatic heterocycles. The average molecular weight is 800 g/mol. The van der Waals surface area contributed by atoms with Gasteiger partial charge in [0.15, 0.2) is 0 Å². The van der Waals surface area contributed by atoms with Crippen molar-refractivity contribution in [2.24, 2.45) is 0 Å². The molecule has 0 aliphatic heterocycles. The number of unbranched alkanes of at least 4 members (excludes halogenated alkanes) is 26. The lowest BCUT2D eigenvalue weighted by molar-refractivity contribution is -0.151. The molecule has 57 heavy (non-hydrogen) atoms. The highest BCUT2D eigenvalue weighted by molar-refractivity contribution is 5.77. The van der Waals surface area contributed by atoms with Gasteiger partial charge in [0.1, 0.15) is 6.10 Å². The second-order valence-electron chi connectivity index (χ2n) is 16.6. The molecule has 0 heterocycles. The molecular formula is C51H93NO5. The number of rotatable bonds is 43. The van der Waals surface area contributed by atoms with Gasteiger partial charge < -0.3 is 20.3 Å². The van der Waals surface area contributed by atoms with Crippen LogP contribution >= 0.6 is 0 Å². The summed E-state index contributed by atoms with van der Waals surface area (Å²) in [7, 11) is 0. The smallest absolute Gasteiger partial charge is 0.306 e. The van der Waals surface area contributed by atoms with Crippen molar-refractivity contribution in [2.75, 3.05) is 6.61 Å². The molecule has 0 saturated heterocycles. The molecule has 6 heteroatoms. The summed E-state index contributed by atoms with van der Waals surface area (Å²) in [5.41, 5.74) is 0. The quantitative estimate of drug-likeness (QED) is 0.0324. The van der Waals surface area contributed by atoms with Crippen LogP contribution in [0.15, 0.2) is 48.6 Å². The summed E-state index contributed by atoms with van der Waals surface area (Å²) < 4.78 is 5.88. The van der Waals surface area contributed by atoms with Crippen molar-refractivity contribution in [3.63, 3.8) is 0 Å². The summed E-state index contributed by atoms with van der Waals surface area (Å²) in [6.45, 7) is 6.31. The molecule has 0 rings (SSSR count). The van der Waals surface area contributed by atoms with Crippen molar-refractivity contribution in [3.05, 3.63) is 48.6 Å². The van der Waals surface area contributed by atoms with Crippen LogP contribution in [0.4, 0.5) is 0 Å². The lowest BCUT2D eigenvalue weighted by Gasteiger charge is -2.24. The van der Waals surface area contributed by atoms with Crippen LogP contribution in [0.5, 0.6) is 0 Å². The normalized spacial score (nSPS) is 13.7. The van der Waals surface area contributed by atoms with Crippen LogP contribution in [0.25, 0.3) is 0 Å². The Bertz CT molecular complexity index is 988. The Hall–Kier alpha value is -2.18. The molecule has 0 aromatic carbocycles. The van der Waals surface area contributed by atoms with Crippen LogP contribution in [-0.2, 0) is 14.3 Å². The zero-order chi connectivity index (χ0) is 41.7. The molecule has 0 aromatic rings. The third-order valence-corrected chi connectivity index (χ3v) is 11.0. The summed E-state index contributed by atoms with van der Waals surface area (Å²) in [5.74, 6) is -0.537. The number of carbonyl (C=O) groups excluding carboxylic acids is 2. The largest absolute Gasteiger partial charge is 0.462 e. The molecule has 0 aliphatic carbocycles. The number of ether oxygens (including phenoxy) is 1. The van der Waals surface area contributed by atoms with Gasteiger partial charge in [-0.25, -0.2) is 0 Å². The minimum atomic E-state index is -0.801. The molecule has 0 saturated carbocycles. The summed E-state index contributed by atoms with van der Waals surface area (Å²) in [5, 5.41) is 23.6. The zero-order valence-electron chi connectivity index (χ0n) is 37.7. The number of amides is 1. The molecule has 3 atom stereocenters. The van der Waals surface area contributed by atoms with Crippen LogP contribution in [-0.4, -0.2) is 46.9 Å². The first kappa shape index (κ1) is 54.8. The summed E-state index contributed by atoms with van der Waals surface area (Å²) in [4.78, 5) is 26.0. The fourth-order valence-corrected chi connectivity index (χ4v) is 7.33. The summed E-state index contributed by atoms with van der Waals surface area (Å²) >= 11 is 0. The molecule has 1 amide bonds. The lowest BCUT2D eigenvalue weighted by atomic mass is 10.0. The van der Waals surface area contributed by atoms with Gasteiger partial charge in [-0.05, 0) is 38.5 Å². The number of carbonyl (C=O) groups is 2. The first-order valence-electron chi connectivity index (χ1n) is 24.4. The Balaban J connectivity index is 4.56. The van der Waals surface area contributed by atoms with Gasteiger partial charge in [0.05, 0.1) is 25.2 Å². The van der Waals surface area contributed by atoms with Crippen molar-refractivity contribution < 1.29 is 24.5 Å². The number of nitrogens with one attached hydrogen (secondary N) is 1. The third kappa shape index (κ3) is 40.4. The third-order valence-electron chi connectivity index (χ3n) is 11.0. The van der Waals surface area contributed by atoms with Crippen molar-refractivity contribution in [1.29, 1.82) is 0 Å². The van der Waals surface area contributed by atoms with E-state index in [1.54, 1.807) is 0 Å². The maximum atomic E-state index is 13.1. The molecular weight excluding hydrogens is 707 g/mol. The topological polar surface area (TPSA) is 95.9 Å². The monoisotopic (exact) mass is 800 g/mol. The van der Waals surface area contributed by atoms with E-state index in [-0.39, 0.29) is 24.9 Å². The molecule has 3 N–H and O–H groups in total. The molecule has 0 bridgehead atoms. The van der Waals surface area contributed by atoms with Gasteiger partial charge in [0.25, 0.3) is 0 Å². The van der Waals surface area contributed by atoms with E-state index in [4.69, 9.17) is 4.74 Å². The van der Waals surface area contributed by atoms with E-state index in [1.807, 2.05) is 36.5 Å². The Labute approximate surface area is 353 Å². The first-order chi connectivity index (χ1) is 28.0. The minimum absolute atomic E-state index is 0.0337. The van der Waals surface area contributed by atoms with Crippen molar-refractivity contribution in [2.45, 2.75) is 257 Å². The average Bonchev–Trinajstić information content (AvgIpc) is 3.20. The predicted octanol–water partition coefficient (Wildman–Crippen LogP) is 14.3. The van der Waals surface area contributed by atoms with E-state index >= 15 is 0 Å². The lowest BCUT2D eigenvalue weighted by Crippen LogP contribution is -2.46. The Morgan fingerprint density at radius 3 is 1.40 bits per heavy atom. The Kier molecular flexibility index (Phi) is 43.2. The van der Waals surface area contributed by atoms with Crippen LogP contribution in [0.2, 0.25) is 0 Å². The zero-order valence-corrected chi connectivity index (χ0v) is 37.7. The van der Waals surface area contributed by atoms with Gasteiger partial charge in [0.2, 0.25) is 5.91 Å². The SMILES string of the molecule is CC/C=C/C=C/C=C\C=C/CCCC(CC(=O)NC(CO)C(O)CCCCCCCCCCCC)OC(=O)CCCCCCCCCCCCCCCCCCC. The first-order valence-corrected chi connectivity index (χ1v) is 24.4. The molecule has 6 nitrogen and oxygen atoms in total. The molecule has 0 aliphatic rings. The van der Waals surface area contributed by atoms with Gasteiger partial charge in [-0.2, -0.15) is 0 Å². The maximum Gasteiger partial charge on any atom is 0.306 e. The van der Waals surface area contributed by atoms with E-state index in [1.165, 1.54) is 135 Å². The van der Waals surface area contributed by atoms with E-state index < -0.39 is 18.2 Å². The second kappa shape index (κ2) is 44.9. The van der Waals surface area contributed by atoms with Crippen molar-refractivity contribution in [3.8, 4) is 0 Å². The van der Waals surface area contributed by atoms with Gasteiger partial charge >= 0.3 is 5.97 Å². The van der Waals surface area contributed by atoms with Gasteiger partial charge in [-0.3, -0.25) is 9.59 Å². The van der Waals surface area contributed by atoms with E-state index in [0.29, 0.717) is 19.3 Å². The second-order valence-corrected chi connectivity index (χ2v) is 16.6. The van der Waals surface area contributed by atoms with Crippen molar-refractivity contribution in [1.82, 2.24) is 5.32 Å². The number of allylic oxidation sites excluding steroid dienone is 8. The highest BCUT2D eigenvalue weighted by Gasteiger charge is 2.24. The van der Waals surface area contributed by atoms with Crippen LogP contribution < -0.4 is 5.32 Å². The number of esters is 1. The van der Waals surface area contributed by atoms with Crippen LogP contribution in [0.1, 0.15) is 239 Å². The van der Waals surface area contributed by atoms with E-state index in [0.717, 1.165) is 57.8 Å². The summed E-state index contributed by atoms with van der Waals surface area (Å²) in [6, 6.07) is -0.719. The Morgan fingerprint density at radius 2 is 0.947 bits per heavy atom. The van der Waals surface area contributed by atoms with Gasteiger partial charge in [-0.15, -0.1) is 0 Å². The maximum absolute atomic E-state index is 13.1. The summed E-state index contributed by atoms with van der Waals surface area (Å²) in [6.07, 6.45) is 53.3. The molecule has 332 valence electrons. The number of hydrogen-bond acceptors (Lipinski definition) is 5. The Morgan fingerprint density at radius 1 is 0.526 bits per heavy atom. The standard InChI is InChI=1S/C51H93NO5/c1-4-7-10-13-16-19-22-23-24-25-26-27-29-32-35-38-41-44-51(56)57-47(42-39-36-33-30-28-20-17-14-11-8-5-2)45-50(55)52-48(46-53)49(54)43-40-37-34-31-21-18-15-12-9-6-3/h8,11,14,17,20,28,30,33,47-49,53-54H,4-7,9-10,12-13,15-16,18-19,21-27,29,31-32,34-46H2,1-3H3,(H,52,55)/b11-8+,17-14+,28-20-,33-30-. The highest BCUT2D eigenvalue weighted by atomic mass is 16.5. The van der Waals surface area contributed by atoms with Crippen LogP contribution in [0.3, 0.4) is 0 Å². The molecule has 0 radical (unpaired) electrons. The highest BCUT2D eigenvalue weighted by Crippen LogP contribution is 2.17. The minimum Gasteiger partial charge on any atom is -0.462 e. The van der Waals surface area contributed by atoms with Crippen molar-refractivity contribution >= 4 is 11.9 Å². The fourth-order valence-electron chi connectivity index (χ4n) is 7.33. The van der Waals surface area contributed by atoms with Gasteiger partial charge in [0, 0.05) is 6.42 Å². The fraction of sp³-hybridized carbons (Fsp3) is 0.804. The van der Waals surface area contributed by atoms with E-state index in [2.05, 4.69) is 38.2 Å². The number of hydrogen-bond donors (Lipinski definition) is 3. The van der Waals surface area contributed by atoms with E-state index in [9.17, 15) is 19.8 Å². The molecule has 0 spiro atoms. The molecule has 3 unspecified atom stereocenters. The van der Waals surface area contributed by atoms with Gasteiger partial charge in [-0.1, -0.05) is 236 Å². The predicted molar refractivity (Wildman–Crippen MR) is 245 cm³/mol. The van der Waals surface area contributed by atoms with Crippen LogP contribution in [0, 0.1) is 0 Å². The molecule has 0 fully saturated rings.